The zero-order valence-electron chi connectivity index (χ0n) is 9.25. The molecule has 0 bridgehead atoms. The maximum absolute atomic E-state index is 12.1. The number of nitrogens with zero attached hydrogens (tertiary/aromatic N) is 2. The summed E-state index contributed by atoms with van der Waals surface area (Å²) in [5.41, 5.74) is 6.99. The van der Waals surface area contributed by atoms with Gasteiger partial charge in [-0.25, -0.2) is 9.97 Å². The monoisotopic (exact) mass is 229 g/mol. The summed E-state index contributed by atoms with van der Waals surface area (Å²) in [4.78, 5) is 19.7. The average Bonchev–Trinajstić information content (AvgIpc) is 2.39. The molecule has 0 radical (unpaired) electrons. The number of aromatic nitrogens is 2. The average molecular weight is 229 g/mol. The van der Waals surface area contributed by atoms with Crippen LogP contribution in [-0.2, 0) is 0 Å². The summed E-state index contributed by atoms with van der Waals surface area (Å²) in [6.45, 7) is 0. The standard InChI is InChI=1S/C12H11N3O2/c1-17-9-2-3-10(11(13)4-9)12(16)8-5-14-7-15-6-8/h2-7H,13H2,1H3. The molecule has 0 atom stereocenters. The van der Waals surface area contributed by atoms with E-state index in [1.165, 1.54) is 18.7 Å². The second-order valence-corrected chi connectivity index (χ2v) is 3.41. The quantitative estimate of drug-likeness (QED) is 0.634. The number of anilines is 1. The number of ether oxygens (including phenoxy) is 1. The smallest absolute Gasteiger partial charge is 0.198 e. The van der Waals surface area contributed by atoms with Crippen molar-refractivity contribution in [2.45, 2.75) is 0 Å². The molecule has 0 spiro atoms. The molecule has 1 aromatic carbocycles. The Labute approximate surface area is 98.3 Å². The van der Waals surface area contributed by atoms with Gasteiger partial charge < -0.3 is 10.5 Å². The van der Waals surface area contributed by atoms with Gasteiger partial charge in [0, 0.05) is 29.7 Å². The first kappa shape index (κ1) is 11.1. The number of carbonyl (C=O) groups excluding carboxylic acids is 1. The molecular weight excluding hydrogens is 218 g/mol. The molecule has 0 unspecified atom stereocenters. The third kappa shape index (κ3) is 2.23. The van der Waals surface area contributed by atoms with Crippen LogP contribution in [0.5, 0.6) is 5.75 Å². The summed E-state index contributed by atoms with van der Waals surface area (Å²) in [6.07, 6.45) is 4.28. The number of benzene rings is 1. The minimum Gasteiger partial charge on any atom is -0.497 e. The fraction of sp³-hybridized carbons (Fsp3) is 0.0833. The molecule has 86 valence electrons. The van der Waals surface area contributed by atoms with Crippen LogP contribution in [0.4, 0.5) is 5.69 Å². The van der Waals surface area contributed by atoms with Gasteiger partial charge in [0.25, 0.3) is 0 Å². The molecule has 17 heavy (non-hydrogen) atoms. The van der Waals surface area contributed by atoms with Gasteiger partial charge in [-0.2, -0.15) is 0 Å². The number of hydrogen-bond acceptors (Lipinski definition) is 5. The van der Waals surface area contributed by atoms with Crippen LogP contribution in [0, 0.1) is 0 Å². The molecule has 0 saturated heterocycles. The zero-order valence-corrected chi connectivity index (χ0v) is 9.25. The highest BCUT2D eigenvalue weighted by Gasteiger charge is 2.13. The topological polar surface area (TPSA) is 78.1 Å². The van der Waals surface area contributed by atoms with Gasteiger partial charge in [-0.05, 0) is 12.1 Å². The summed E-state index contributed by atoms with van der Waals surface area (Å²) in [6, 6.07) is 4.92. The van der Waals surface area contributed by atoms with Gasteiger partial charge in [-0.15, -0.1) is 0 Å². The van der Waals surface area contributed by atoms with Crippen LogP contribution in [0.1, 0.15) is 15.9 Å². The first-order chi connectivity index (χ1) is 8.22. The molecule has 1 heterocycles. The van der Waals surface area contributed by atoms with E-state index in [2.05, 4.69) is 9.97 Å². The molecule has 5 heteroatoms. The molecule has 1 aromatic heterocycles. The Morgan fingerprint density at radius 1 is 1.29 bits per heavy atom. The Kier molecular flexibility index (Phi) is 3.00. The van der Waals surface area contributed by atoms with E-state index in [1.807, 2.05) is 0 Å². The van der Waals surface area contributed by atoms with Gasteiger partial charge in [0.15, 0.2) is 5.78 Å². The molecule has 0 amide bonds. The zero-order chi connectivity index (χ0) is 12.3. The fourth-order valence-corrected chi connectivity index (χ4v) is 1.45. The molecule has 0 aliphatic carbocycles. The number of rotatable bonds is 3. The minimum atomic E-state index is -0.203. The van der Waals surface area contributed by atoms with Gasteiger partial charge >= 0.3 is 0 Å². The lowest BCUT2D eigenvalue weighted by Gasteiger charge is -2.06. The predicted molar refractivity (Wildman–Crippen MR) is 62.9 cm³/mol. The summed E-state index contributed by atoms with van der Waals surface area (Å²) in [5.74, 6) is 0.411. The van der Waals surface area contributed by atoms with Crippen LogP contribution >= 0.6 is 0 Å². The molecule has 5 nitrogen and oxygen atoms in total. The Balaban J connectivity index is 2.38. The van der Waals surface area contributed by atoms with Crippen molar-refractivity contribution in [1.29, 1.82) is 0 Å². The van der Waals surface area contributed by atoms with E-state index in [0.29, 0.717) is 22.6 Å². The molecule has 0 saturated carbocycles. The number of ketones is 1. The lowest BCUT2D eigenvalue weighted by molar-refractivity contribution is 0.103. The Bertz CT molecular complexity index is 541. The Morgan fingerprint density at radius 2 is 2.00 bits per heavy atom. The van der Waals surface area contributed by atoms with E-state index < -0.39 is 0 Å². The Morgan fingerprint density at radius 3 is 2.59 bits per heavy atom. The number of nitrogens with two attached hydrogens (primary N) is 1. The lowest BCUT2D eigenvalue weighted by Crippen LogP contribution is -2.06. The maximum Gasteiger partial charge on any atom is 0.198 e. The van der Waals surface area contributed by atoms with Gasteiger partial charge in [-0.1, -0.05) is 0 Å². The van der Waals surface area contributed by atoms with Crippen LogP contribution in [0.15, 0.2) is 36.9 Å². The van der Waals surface area contributed by atoms with Crippen LogP contribution in [0.2, 0.25) is 0 Å². The SMILES string of the molecule is COc1ccc(C(=O)c2cncnc2)c(N)c1. The van der Waals surface area contributed by atoms with E-state index in [-0.39, 0.29) is 5.78 Å². The van der Waals surface area contributed by atoms with E-state index in [1.54, 1.807) is 25.3 Å². The largest absolute Gasteiger partial charge is 0.497 e. The normalized spacial score (nSPS) is 9.94. The Hall–Kier alpha value is -2.43. The van der Waals surface area contributed by atoms with Gasteiger partial charge in [0.1, 0.15) is 12.1 Å². The van der Waals surface area contributed by atoms with Gasteiger partial charge in [-0.3, -0.25) is 4.79 Å². The second-order valence-electron chi connectivity index (χ2n) is 3.41. The highest BCUT2D eigenvalue weighted by atomic mass is 16.5. The summed E-state index contributed by atoms with van der Waals surface area (Å²) in [7, 11) is 1.54. The van der Waals surface area contributed by atoms with Crippen molar-refractivity contribution in [3.05, 3.63) is 48.0 Å². The predicted octanol–water partition coefficient (Wildman–Crippen LogP) is 1.30. The highest BCUT2D eigenvalue weighted by molar-refractivity contribution is 6.11. The highest BCUT2D eigenvalue weighted by Crippen LogP contribution is 2.21. The third-order valence-corrected chi connectivity index (χ3v) is 2.33. The summed E-state index contributed by atoms with van der Waals surface area (Å²) < 4.78 is 5.02. The maximum atomic E-state index is 12.1. The minimum absolute atomic E-state index is 0.203. The van der Waals surface area contributed by atoms with E-state index >= 15 is 0 Å². The van der Waals surface area contributed by atoms with Crippen molar-refractivity contribution in [3.63, 3.8) is 0 Å². The summed E-state index contributed by atoms with van der Waals surface area (Å²) in [5, 5.41) is 0. The van der Waals surface area contributed by atoms with E-state index in [9.17, 15) is 4.79 Å². The number of hydrogen-bond donors (Lipinski definition) is 1. The van der Waals surface area contributed by atoms with Crippen molar-refractivity contribution in [2.75, 3.05) is 12.8 Å². The van der Waals surface area contributed by atoms with E-state index in [4.69, 9.17) is 10.5 Å². The van der Waals surface area contributed by atoms with Gasteiger partial charge in [0.2, 0.25) is 0 Å². The number of methoxy groups -OCH3 is 1. The molecule has 2 aromatic rings. The van der Waals surface area contributed by atoms with Crippen molar-refractivity contribution < 1.29 is 9.53 Å². The first-order valence-electron chi connectivity index (χ1n) is 4.95. The van der Waals surface area contributed by atoms with Crippen molar-refractivity contribution in [3.8, 4) is 5.75 Å². The van der Waals surface area contributed by atoms with Crippen molar-refractivity contribution >= 4 is 11.5 Å². The molecule has 0 fully saturated rings. The molecule has 2 N–H and O–H groups in total. The van der Waals surface area contributed by atoms with Crippen molar-refractivity contribution in [2.24, 2.45) is 0 Å². The lowest BCUT2D eigenvalue weighted by atomic mass is 10.0. The van der Waals surface area contributed by atoms with Crippen LogP contribution in [-0.4, -0.2) is 22.9 Å². The number of carbonyl (C=O) groups is 1. The molecular formula is C12H11N3O2. The fourth-order valence-electron chi connectivity index (χ4n) is 1.45. The number of nitrogen functional groups attached to an aromatic ring is 1. The van der Waals surface area contributed by atoms with E-state index in [0.717, 1.165) is 0 Å². The van der Waals surface area contributed by atoms with Crippen LogP contribution in [0.3, 0.4) is 0 Å². The third-order valence-electron chi connectivity index (χ3n) is 2.33. The molecule has 0 aliphatic rings. The molecule has 2 rings (SSSR count). The first-order valence-corrected chi connectivity index (χ1v) is 4.95. The van der Waals surface area contributed by atoms with Crippen LogP contribution < -0.4 is 10.5 Å². The summed E-state index contributed by atoms with van der Waals surface area (Å²) >= 11 is 0. The van der Waals surface area contributed by atoms with Crippen molar-refractivity contribution in [1.82, 2.24) is 9.97 Å². The molecule has 0 aliphatic heterocycles. The second kappa shape index (κ2) is 4.61. The van der Waals surface area contributed by atoms with Gasteiger partial charge in [0.05, 0.1) is 12.7 Å². The van der Waals surface area contributed by atoms with Crippen LogP contribution in [0.25, 0.3) is 0 Å².